The van der Waals surface area contributed by atoms with Crippen LogP contribution in [0.2, 0.25) is 5.02 Å². The molecule has 0 radical (unpaired) electrons. The van der Waals surface area contributed by atoms with Crippen LogP contribution in [-0.4, -0.2) is 9.97 Å². The van der Waals surface area contributed by atoms with Gasteiger partial charge in [-0.05, 0) is 18.2 Å². The van der Waals surface area contributed by atoms with Crippen molar-refractivity contribution in [3.63, 3.8) is 0 Å². The minimum Gasteiger partial charge on any atom is -0.383 e. The number of nitrogens with two attached hydrogens (primary N) is 2. The second kappa shape index (κ2) is 4.77. The predicted molar refractivity (Wildman–Crippen MR) is 73.3 cm³/mol. The summed E-state index contributed by atoms with van der Waals surface area (Å²) in [5.41, 5.74) is 11.8. The number of nitrogens with one attached hydrogen (secondary N) is 1. The molecule has 1 aromatic carbocycles. The number of nitrogens with zero attached hydrogens (tertiary/aromatic N) is 2. The van der Waals surface area contributed by atoms with Crippen molar-refractivity contribution in [2.45, 2.75) is 0 Å². The lowest BCUT2D eigenvalue weighted by atomic mass is 10.3. The highest BCUT2D eigenvalue weighted by Gasteiger charge is 2.04. The molecule has 0 saturated carbocycles. The number of anilines is 4. The highest BCUT2D eigenvalue weighted by Crippen LogP contribution is 2.28. The molecule has 2 aromatic rings. The quantitative estimate of drug-likeness (QED) is 0.793. The van der Waals surface area contributed by atoms with E-state index in [1.165, 1.54) is 0 Å². The monoisotopic (exact) mass is 313 g/mol. The molecule has 5 nitrogen and oxygen atoms in total. The predicted octanol–water partition coefficient (Wildman–Crippen LogP) is 2.80. The fraction of sp³-hybridized carbons (Fsp3) is 0. The first-order valence-electron chi connectivity index (χ1n) is 4.67. The van der Waals surface area contributed by atoms with E-state index >= 15 is 0 Å². The number of hydrogen-bond acceptors (Lipinski definition) is 5. The third-order valence-corrected chi connectivity index (χ3v) is 2.76. The van der Waals surface area contributed by atoms with Gasteiger partial charge in [0, 0.05) is 10.5 Å². The molecule has 1 aromatic heterocycles. The molecule has 0 bridgehead atoms. The summed E-state index contributed by atoms with van der Waals surface area (Å²) in [4.78, 5) is 7.77. The molecule has 0 aliphatic heterocycles. The van der Waals surface area contributed by atoms with E-state index in [9.17, 15) is 0 Å². The van der Waals surface area contributed by atoms with Gasteiger partial charge in [0.05, 0.1) is 10.7 Å². The van der Waals surface area contributed by atoms with Crippen LogP contribution in [0, 0.1) is 0 Å². The first kappa shape index (κ1) is 11.9. The summed E-state index contributed by atoms with van der Waals surface area (Å²) in [6, 6.07) is 7.04. The first-order chi connectivity index (χ1) is 8.04. The topological polar surface area (TPSA) is 89.8 Å². The zero-order valence-corrected chi connectivity index (χ0v) is 11.0. The van der Waals surface area contributed by atoms with Crippen LogP contribution in [0.3, 0.4) is 0 Å². The van der Waals surface area contributed by atoms with Crippen LogP contribution in [0.25, 0.3) is 0 Å². The molecule has 0 spiro atoms. The zero-order chi connectivity index (χ0) is 12.4. The Morgan fingerprint density at radius 3 is 2.59 bits per heavy atom. The van der Waals surface area contributed by atoms with Gasteiger partial charge < -0.3 is 16.8 Å². The van der Waals surface area contributed by atoms with Gasteiger partial charge in [0.1, 0.15) is 11.6 Å². The van der Waals surface area contributed by atoms with Crippen molar-refractivity contribution in [1.82, 2.24) is 9.97 Å². The maximum Gasteiger partial charge on any atom is 0.223 e. The Morgan fingerprint density at radius 1 is 1.18 bits per heavy atom. The Kier molecular flexibility index (Phi) is 3.35. The van der Waals surface area contributed by atoms with Gasteiger partial charge in [-0.15, -0.1) is 0 Å². The van der Waals surface area contributed by atoms with E-state index < -0.39 is 0 Å². The number of halogens is 2. The van der Waals surface area contributed by atoms with Crippen molar-refractivity contribution in [3.8, 4) is 0 Å². The minimum atomic E-state index is 0.112. The van der Waals surface area contributed by atoms with Crippen molar-refractivity contribution in [1.29, 1.82) is 0 Å². The second-order valence-corrected chi connectivity index (χ2v) is 4.61. The average Bonchev–Trinajstić information content (AvgIpc) is 2.21. The molecule has 0 amide bonds. The molecule has 1 heterocycles. The van der Waals surface area contributed by atoms with Crippen molar-refractivity contribution >= 4 is 50.8 Å². The second-order valence-electron chi connectivity index (χ2n) is 3.29. The first-order valence-corrected chi connectivity index (χ1v) is 5.84. The van der Waals surface area contributed by atoms with E-state index in [-0.39, 0.29) is 5.95 Å². The van der Waals surface area contributed by atoms with E-state index in [2.05, 4.69) is 31.2 Å². The Balaban J connectivity index is 2.31. The standard InChI is InChI=1S/C10H9BrClN5/c11-5-1-2-7(6(12)3-5)15-9-4-8(13)16-10(14)17-9/h1-4H,(H5,13,14,15,16,17). The van der Waals surface area contributed by atoms with Crippen LogP contribution >= 0.6 is 27.5 Å². The van der Waals surface area contributed by atoms with Crippen LogP contribution in [0.5, 0.6) is 0 Å². The molecule has 2 rings (SSSR count). The van der Waals surface area contributed by atoms with Gasteiger partial charge in [0.2, 0.25) is 5.95 Å². The highest BCUT2D eigenvalue weighted by atomic mass is 79.9. The fourth-order valence-electron chi connectivity index (χ4n) is 1.28. The van der Waals surface area contributed by atoms with Crippen molar-refractivity contribution in [2.75, 3.05) is 16.8 Å². The molecule has 0 atom stereocenters. The van der Waals surface area contributed by atoms with Crippen LogP contribution in [0.15, 0.2) is 28.7 Å². The van der Waals surface area contributed by atoms with E-state index in [0.717, 1.165) is 4.47 Å². The van der Waals surface area contributed by atoms with Gasteiger partial charge in [-0.3, -0.25) is 0 Å². The zero-order valence-electron chi connectivity index (χ0n) is 8.61. The van der Waals surface area contributed by atoms with Gasteiger partial charge in [0.25, 0.3) is 0 Å². The number of benzene rings is 1. The lowest BCUT2D eigenvalue weighted by Crippen LogP contribution is -2.03. The van der Waals surface area contributed by atoms with Gasteiger partial charge >= 0.3 is 0 Å². The van der Waals surface area contributed by atoms with Crippen LogP contribution in [0.4, 0.5) is 23.3 Å². The molecule has 7 heteroatoms. The summed E-state index contributed by atoms with van der Waals surface area (Å²) in [5.74, 6) is 0.910. The Hall–Kier alpha value is -1.53. The molecule has 17 heavy (non-hydrogen) atoms. The fourth-order valence-corrected chi connectivity index (χ4v) is 2.00. The van der Waals surface area contributed by atoms with Crippen molar-refractivity contribution in [2.24, 2.45) is 0 Å². The van der Waals surface area contributed by atoms with Gasteiger partial charge in [0.15, 0.2) is 0 Å². The number of rotatable bonds is 2. The largest absolute Gasteiger partial charge is 0.383 e. The normalized spacial score (nSPS) is 10.2. The summed E-state index contributed by atoms with van der Waals surface area (Å²) in [7, 11) is 0. The minimum absolute atomic E-state index is 0.112. The summed E-state index contributed by atoms with van der Waals surface area (Å²) in [6.07, 6.45) is 0. The molecule has 5 N–H and O–H groups in total. The summed E-state index contributed by atoms with van der Waals surface area (Å²) in [6.45, 7) is 0. The Morgan fingerprint density at radius 2 is 1.94 bits per heavy atom. The van der Waals surface area contributed by atoms with E-state index in [1.807, 2.05) is 12.1 Å². The molecule has 88 valence electrons. The molecule has 0 unspecified atom stereocenters. The summed E-state index contributed by atoms with van der Waals surface area (Å²) in [5, 5.41) is 3.58. The van der Waals surface area contributed by atoms with Gasteiger partial charge in [-0.1, -0.05) is 27.5 Å². The van der Waals surface area contributed by atoms with E-state index in [0.29, 0.717) is 22.3 Å². The molecule has 0 aliphatic carbocycles. The molecular formula is C10H9BrClN5. The molecule has 0 saturated heterocycles. The van der Waals surface area contributed by atoms with Crippen LogP contribution < -0.4 is 16.8 Å². The third-order valence-electron chi connectivity index (χ3n) is 1.96. The summed E-state index contributed by atoms with van der Waals surface area (Å²) < 4.78 is 0.898. The number of aromatic nitrogens is 2. The highest BCUT2D eigenvalue weighted by molar-refractivity contribution is 9.10. The smallest absolute Gasteiger partial charge is 0.223 e. The molecule has 0 aliphatic rings. The summed E-state index contributed by atoms with van der Waals surface area (Å²) >= 11 is 9.39. The van der Waals surface area contributed by atoms with Gasteiger partial charge in [-0.2, -0.15) is 9.97 Å². The lowest BCUT2D eigenvalue weighted by molar-refractivity contribution is 1.19. The SMILES string of the molecule is Nc1cc(Nc2ccc(Br)cc2Cl)nc(N)n1. The Labute approximate surface area is 111 Å². The maximum absolute atomic E-state index is 6.06. The Bertz CT molecular complexity index is 540. The molecular weight excluding hydrogens is 306 g/mol. The van der Waals surface area contributed by atoms with Crippen LogP contribution in [-0.2, 0) is 0 Å². The average molecular weight is 315 g/mol. The van der Waals surface area contributed by atoms with Gasteiger partial charge in [-0.25, -0.2) is 0 Å². The van der Waals surface area contributed by atoms with E-state index in [1.54, 1.807) is 12.1 Å². The third kappa shape index (κ3) is 2.98. The molecule has 0 fully saturated rings. The van der Waals surface area contributed by atoms with Crippen molar-refractivity contribution < 1.29 is 0 Å². The van der Waals surface area contributed by atoms with Crippen LogP contribution in [0.1, 0.15) is 0 Å². The number of hydrogen-bond donors (Lipinski definition) is 3. The van der Waals surface area contributed by atoms with Crippen molar-refractivity contribution in [3.05, 3.63) is 33.8 Å². The number of nitrogen functional groups attached to an aromatic ring is 2. The lowest BCUT2D eigenvalue weighted by Gasteiger charge is -2.08. The maximum atomic E-state index is 6.06. The van der Waals surface area contributed by atoms with E-state index in [4.69, 9.17) is 23.1 Å².